The first-order valence-electron chi connectivity index (χ1n) is 10.9. The van der Waals surface area contributed by atoms with Crippen LogP contribution in [0.4, 0.5) is 11.8 Å². The number of nitrogens with zero attached hydrogens (tertiary/aromatic N) is 2. The van der Waals surface area contributed by atoms with E-state index < -0.39 is 0 Å². The van der Waals surface area contributed by atoms with Crippen molar-refractivity contribution in [1.29, 1.82) is 0 Å². The number of halogens is 1. The van der Waals surface area contributed by atoms with Gasteiger partial charge in [0.15, 0.2) is 11.6 Å². The van der Waals surface area contributed by atoms with Crippen LogP contribution >= 0.6 is 11.6 Å². The van der Waals surface area contributed by atoms with E-state index >= 15 is 0 Å². The third-order valence-corrected chi connectivity index (χ3v) is 4.93. The van der Waals surface area contributed by atoms with Gasteiger partial charge in [-0.05, 0) is 60.7 Å². The average molecular weight is 473 g/mol. The minimum atomic E-state index is 0.143. The molecule has 7 nitrogen and oxygen atoms in total. The van der Waals surface area contributed by atoms with Gasteiger partial charge in [0.05, 0.1) is 18.9 Å². The molecule has 0 aliphatic rings. The summed E-state index contributed by atoms with van der Waals surface area (Å²) in [6.45, 7) is 9.00. The molecule has 0 bridgehead atoms. The van der Waals surface area contributed by atoms with Crippen molar-refractivity contribution in [2.45, 2.75) is 40.0 Å². The highest BCUT2D eigenvalue weighted by Crippen LogP contribution is 2.32. The molecule has 1 heterocycles. The molecule has 1 aromatic heterocycles. The van der Waals surface area contributed by atoms with E-state index in [0.29, 0.717) is 37.0 Å². The van der Waals surface area contributed by atoms with Gasteiger partial charge in [0.2, 0.25) is 5.95 Å². The summed E-state index contributed by atoms with van der Waals surface area (Å²) in [6.07, 6.45) is 0.694. The first-order valence-corrected chi connectivity index (χ1v) is 11.3. The average Bonchev–Trinajstić information content (AvgIpc) is 2.76. The number of ether oxygens (including phenoxy) is 2. The number of aliphatic hydroxyl groups excluding tert-OH is 1. The van der Waals surface area contributed by atoms with Crippen molar-refractivity contribution in [3.8, 4) is 22.6 Å². The Balaban J connectivity index is 0.00000122. The molecule has 0 radical (unpaired) electrons. The quantitative estimate of drug-likeness (QED) is 0.384. The maximum Gasteiger partial charge on any atom is 0.222 e. The molecule has 5 N–H and O–H groups in total. The molecule has 0 aliphatic carbocycles. The third-order valence-electron chi connectivity index (χ3n) is 4.68. The molecule has 8 heteroatoms. The number of nitrogens with two attached hydrogens (primary N) is 2. The van der Waals surface area contributed by atoms with Crippen molar-refractivity contribution in [3.05, 3.63) is 58.7 Å². The fourth-order valence-corrected chi connectivity index (χ4v) is 3.28. The number of aliphatic hydroxyl groups is 1. The highest BCUT2D eigenvalue weighted by Gasteiger charge is 2.12. The van der Waals surface area contributed by atoms with E-state index in [1.165, 1.54) is 0 Å². The molecule has 2 aromatic carbocycles. The van der Waals surface area contributed by atoms with E-state index in [9.17, 15) is 0 Å². The van der Waals surface area contributed by atoms with Crippen LogP contribution in [0.15, 0.2) is 42.5 Å². The molecule has 0 saturated carbocycles. The highest BCUT2D eigenvalue weighted by atomic mass is 35.5. The molecule has 0 saturated heterocycles. The fourth-order valence-electron chi connectivity index (χ4n) is 3.15. The second-order valence-electron chi connectivity index (χ2n) is 7.66. The van der Waals surface area contributed by atoms with Gasteiger partial charge in [0.1, 0.15) is 5.75 Å². The summed E-state index contributed by atoms with van der Waals surface area (Å²) in [5.74, 6) is 2.08. The number of rotatable bonds is 8. The first-order chi connectivity index (χ1) is 15.8. The van der Waals surface area contributed by atoms with Gasteiger partial charge in [-0.15, -0.1) is 0 Å². The zero-order chi connectivity index (χ0) is 24.4. The van der Waals surface area contributed by atoms with Gasteiger partial charge in [-0.25, -0.2) is 4.98 Å². The Hall–Kier alpha value is -3.03. The standard InChI is InChI=1S/C23H27ClN4O2.C2H6O/c1-14(2)19-13-17(16-5-8-18(24)9-6-16)7-10-20(19)29-11-4-12-30-21-15(3)27-23(26)28-22(21)25;1-2-3/h5-10,13-14H,4,11-12H2,1-3H3,(H4,25,26,27,28);3H,2H2,1H3. The summed E-state index contributed by atoms with van der Waals surface area (Å²) in [5, 5.41) is 8.30. The van der Waals surface area contributed by atoms with Crippen molar-refractivity contribution in [2.75, 3.05) is 31.3 Å². The number of aromatic nitrogens is 2. The summed E-state index contributed by atoms with van der Waals surface area (Å²) in [7, 11) is 0. The number of hydrogen-bond donors (Lipinski definition) is 3. The fraction of sp³-hybridized carbons (Fsp3) is 0.360. The van der Waals surface area contributed by atoms with Crippen molar-refractivity contribution >= 4 is 23.4 Å². The number of anilines is 2. The van der Waals surface area contributed by atoms with Crippen LogP contribution in [-0.4, -0.2) is 34.9 Å². The van der Waals surface area contributed by atoms with Crippen molar-refractivity contribution in [2.24, 2.45) is 0 Å². The molecular weight excluding hydrogens is 440 g/mol. The number of nitrogen functional groups attached to an aromatic ring is 2. The van der Waals surface area contributed by atoms with Crippen molar-refractivity contribution < 1.29 is 14.6 Å². The molecule has 33 heavy (non-hydrogen) atoms. The van der Waals surface area contributed by atoms with Gasteiger partial charge in [0, 0.05) is 18.1 Å². The lowest BCUT2D eigenvalue weighted by Crippen LogP contribution is -2.10. The molecular formula is C25H33ClN4O3. The Labute approximate surface area is 200 Å². The van der Waals surface area contributed by atoms with Crippen LogP contribution in [0.3, 0.4) is 0 Å². The van der Waals surface area contributed by atoms with Crippen LogP contribution in [0.5, 0.6) is 11.5 Å². The van der Waals surface area contributed by atoms with E-state index in [1.54, 1.807) is 13.8 Å². The summed E-state index contributed by atoms with van der Waals surface area (Å²) in [5.41, 5.74) is 15.5. The maximum atomic E-state index is 7.57. The molecule has 178 valence electrons. The number of benzene rings is 2. The van der Waals surface area contributed by atoms with E-state index in [0.717, 1.165) is 27.5 Å². The zero-order valence-corrected chi connectivity index (χ0v) is 20.4. The molecule has 0 aliphatic heterocycles. The van der Waals surface area contributed by atoms with E-state index in [4.69, 9.17) is 37.6 Å². The molecule has 3 aromatic rings. The van der Waals surface area contributed by atoms with Gasteiger partial charge >= 0.3 is 0 Å². The minimum absolute atomic E-state index is 0.143. The van der Waals surface area contributed by atoms with Crippen LogP contribution in [0, 0.1) is 6.92 Å². The normalized spacial score (nSPS) is 10.5. The van der Waals surface area contributed by atoms with Gasteiger partial charge in [-0.1, -0.05) is 43.6 Å². The summed E-state index contributed by atoms with van der Waals surface area (Å²) < 4.78 is 11.8. The lowest BCUT2D eigenvalue weighted by atomic mass is 9.96. The number of aryl methyl sites for hydroxylation is 1. The minimum Gasteiger partial charge on any atom is -0.493 e. The lowest BCUT2D eigenvalue weighted by molar-refractivity contribution is 0.245. The Bertz CT molecular complexity index is 1000. The van der Waals surface area contributed by atoms with Crippen LogP contribution in [0.2, 0.25) is 5.02 Å². The van der Waals surface area contributed by atoms with E-state index in [1.807, 2.05) is 30.3 Å². The largest absolute Gasteiger partial charge is 0.493 e. The van der Waals surface area contributed by atoms with Crippen LogP contribution in [0.1, 0.15) is 44.4 Å². The van der Waals surface area contributed by atoms with Crippen molar-refractivity contribution in [1.82, 2.24) is 9.97 Å². The topological polar surface area (TPSA) is 117 Å². The zero-order valence-electron chi connectivity index (χ0n) is 19.6. The van der Waals surface area contributed by atoms with Gasteiger partial charge in [-0.2, -0.15) is 4.98 Å². The van der Waals surface area contributed by atoms with Gasteiger partial charge in [-0.3, -0.25) is 0 Å². The SMILES string of the molecule is CCO.Cc1nc(N)nc(N)c1OCCCOc1ccc(-c2ccc(Cl)cc2)cc1C(C)C. The maximum absolute atomic E-state index is 7.57. The van der Waals surface area contributed by atoms with Crippen LogP contribution < -0.4 is 20.9 Å². The molecule has 3 rings (SSSR count). The predicted octanol–water partition coefficient (Wildman–Crippen LogP) is 5.24. The molecule has 0 spiro atoms. The van der Waals surface area contributed by atoms with Crippen LogP contribution in [-0.2, 0) is 0 Å². The molecule has 0 atom stereocenters. The second-order valence-corrected chi connectivity index (χ2v) is 8.10. The Morgan fingerprint density at radius 1 is 0.970 bits per heavy atom. The van der Waals surface area contributed by atoms with Crippen molar-refractivity contribution in [3.63, 3.8) is 0 Å². The molecule has 0 unspecified atom stereocenters. The second kappa shape index (κ2) is 12.9. The monoisotopic (exact) mass is 472 g/mol. The Morgan fingerprint density at radius 2 is 1.58 bits per heavy atom. The molecule has 0 fully saturated rings. The summed E-state index contributed by atoms with van der Waals surface area (Å²) in [6, 6.07) is 14.1. The predicted molar refractivity (Wildman–Crippen MR) is 135 cm³/mol. The van der Waals surface area contributed by atoms with Gasteiger partial charge in [0.25, 0.3) is 0 Å². The highest BCUT2D eigenvalue weighted by molar-refractivity contribution is 6.30. The Morgan fingerprint density at radius 3 is 2.18 bits per heavy atom. The Kier molecular flexibility index (Phi) is 10.2. The third kappa shape index (κ3) is 7.80. The summed E-state index contributed by atoms with van der Waals surface area (Å²) in [4.78, 5) is 8.00. The lowest BCUT2D eigenvalue weighted by Gasteiger charge is -2.16. The van der Waals surface area contributed by atoms with E-state index in [2.05, 4.69) is 35.9 Å². The van der Waals surface area contributed by atoms with Crippen LogP contribution in [0.25, 0.3) is 11.1 Å². The van der Waals surface area contributed by atoms with Gasteiger partial charge < -0.3 is 26.0 Å². The first kappa shape index (κ1) is 26.2. The smallest absolute Gasteiger partial charge is 0.222 e. The molecule has 0 amide bonds. The summed E-state index contributed by atoms with van der Waals surface area (Å²) >= 11 is 6.00. The number of hydrogen-bond acceptors (Lipinski definition) is 7. The van der Waals surface area contributed by atoms with E-state index in [-0.39, 0.29) is 18.4 Å².